The Hall–Kier alpha value is -1.90. The number of rotatable bonds is 7. The molecule has 0 unspecified atom stereocenters. The number of hydrogen-bond donors (Lipinski definition) is 1. The van der Waals surface area contributed by atoms with E-state index in [2.05, 4.69) is 10.1 Å². The lowest BCUT2D eigenvalue weighted by atomic mass is 9.91. The average Bonchev–Trinajstić information content (AvgIpc) is 3.32. The summed E-state index contributed by atoms with van der Waals surface area (Å²) in [6, 6.07) is 8.18. The molecular formula is C20H21FN2O3S2. The van der Waals surface area contributed by atoms with Crippen molar-refractivity contribution in [1.29, 1.82) is 0 Å². The van der Waals surface area contributed by atoms with E-state index in [0.29, 0.717) is 16.4 Å². The first kappa shape index (κ1) is 19.4. The van der Waals surface area contributed by atoms with Gasteiger partial charge in [0, 0.05) is 23.1 Å². The summed E-state index contributed by atoms with van der Waals surface area (Å²) in [4.78, 5) is 13.8. The number of fused-ring (bicyclic) bond motifs is 1. The third-order valence-corrected chi connectivity index (χ3v) is 7.48. The molecule has 148 valence electrons. The van der Waals surface area contributed by atoms with Crippen LogP contribution in [0.2, 0.25) is 0 Å². The number of hydrogen-bond acceptors (Lipinski definition) is 6. The maximum absolute atomic E-state index is 13.3. The van der Waals surface area contributed by atoms with E-state index in [4.69, 9.17) is 9.63 Å². The Labute approximate surface area is 170 Å². The predicted octanol–water partition coefficient (Wildman–Crippen LogP) is 5.09. The second-order valence-electron chi connectivity index (χ2n) is 6.95. The summed E-state index contributed by atoms with van der Waals surface area (Å²) in [7, 11) is 0. The van der Waals surface area contributed by atoms with Crippen molar-refractivity contribution in [3.05, 3.63) is 46.7 Å². The summed E-state index contributed by atoms with van der Waals surface area (Å²) in [6.45, 7) is 3.09. The van der Waals surface area contributed by atoms with Crippen LogP contribution in [0, 0.1) is 5.82 Å². The molecule has 4 rings (SSSR count). The van der Waals surface area contributed by atoms with E-state index < -0.39 is 5.97 Å². The lowest BCUT2D eigenvalue weighted by Gasteiger charge is -2.31. The van der Waals surface area contributed by atoms with Gasteiger partial charge in [-0.05, 0) is 63.2 Å². The maximum atomic E-state index is 13.3. The zero-order chi connectivity index (χ0) is 19.5. The molecule has 8 heteroatoms. The van der Waals surface area contributed by atoms with Crippen molar-refractivity contribution in [3.63, 3.8) is 0 Å². The SMILES string of the molecule is O=C(O)c1ccc(SCCCN2CCC(c3noc4cc(F)ccc34)CC2)s1. The Morgan fingerprint density at radius 1 is 1.32 bits per heavy atom. The van der Waals surface area contributed by atoms with Gasteiger partial charge in [-0.2, -0.15) is 0 Å². The van der Waals surface area contributed by atoms with Gasteiger partial charge in [-0.3, -0.25) is 0 Å². The number of likely N-dealkylation sites (tertiary alicyclic amines) is 1. The van der Waals surface area contributed by atoms with Crippen molar-refractivity contribution in [2.45, 2.75) is 29.4 Å². The van der Waals surface area contributed by atoms with Gasteiger partial charge in [0.05, 0.1) is 9.90 Å². The van der Waals surface area contributed by atoms with E-state index in [1.165, 1.54) is 23.5 Å². The highest BCUT2D eigenvalue weighted by molar-refractivity contribution is 8.01. The van der Waals surface area contributed by atoms with Gasteiger partial charge >= 0.3 is 5.97 Å². The zero-order valence-electron chi connectivity index (χ0n) is 15.3. The number of nitrogens with zero attached hydrogens (tertiary/aromatic N) is 2. The smallest absolute Gasteiger partial charge is 0.345 e. The van der Waals surface area contributed by atoms with Crippen molar-refractivity contribution in [3.8, 4) is 0 Å². The molecule has 1 aliphatic rings. The summed E-state index contributed by atoms with van der Waals surface area (Å²) in [5.74, 6) is 0.186. The topological polar surface area (TPSA) is 66.6 Å². The van der Waals surface area contributed by atoms with E-state index in [0.717, 1.165) is 59.9 Å². The number of thiophene rings is 1. The van der Waals surface area contributed by atoms with Crippen LogP contribution in [0.4, 0.5) is 4.39 Å². The van der Waals surface area contributed by atoms with Gasteiger partial charge in [0.15, 0.2) is 5.58 Å². The summed E-state index contributed by atoms with van der Waals surface area (Å²) in [6.07, 6.45) is 3.12. The normalized spacial score (nSPS) is 16.0. The van der Waals surface area contributed by atoms with Gasteiger partial charge in [-0.15, -0.1) is 23.1 Å². The van der Waals surface area contributed by atoms with Crippen LogP contribution < -0.4 is 0 Å². The number of carboxylic acid groups (broad SMARTS) is 1. The van der Waals surface area contributed by atoms with Crippen LogP contribution >= 0.6 is 23.1 Å². The number of carbonyl (C=O) groups is 1. The highest BCUT2D eigenvalue weighted by Crippen LogP contribution is 2.33. The Bertz CT molecular complexity index is 963. The van der Waals surface area contributed by atoms with Crippen molar-refractivity contribution < 1.29 is 18.8 Å². The minimum absolute atomic E-state index is 0.301. The first-order valence-electron chi connectivity index (χ1n) is 9.33. The molecule has 1 saturated heterocycles. The molecule has 0 bridgehead atoms. The molecule has 3 heterocycles. The number of aromatic carboxylic acids is 1. The summed E-state index contributed by atoms with van der Waals surface area (Å²) >= 11 is 3.06. The molecular weight excluding hydrogens is 399 g/mol. The minimum Gasteiger partial charge on any atom is -0.477 e. The van der Waals surface area contributed by atoms with Crippen LogP contribution in [-0.2, 0) is 0 Å². The van der Waals surface area contributed by atoms with Gasteiger partial charge in [0.1, 0.15) is 10.7 Å². The highest BCUT2D eigenvalue weighted by Gasteiger charge is 2.24. The Morgan fingerprint density at radius 3 is 2.89 bits per heavy atom. The maximum Gasteiger partial charge on any atom is 0.345 e. The Morgan fingerprint density at radius 2 is 2.14 bits per heavy atom. The summed E-state index contributed by atoms with van der Waals surface area (Å²) < 4.78 is 19.7. The molecule has 0 radical (unpaired) electrons. The van der Waals surface area contributed by atoms with Gasteiger partial charge in [-0.25, -0.2) is 9.18 Å². The average molecular weight is 421 g/mol. The molecule has 0 aliphatic carbocycles. The lowest BCUT2D eigenvalue weighted by Crippen LogP contribution is -2.34. The standard InChI is InChI=1S/C20H21FN2O3S2/c21-14-2-3-15-16(12-14)26-22-19(15)13-6-9-23(10-7-13)8-1-11-27-18-5-4-17(28-18)20(24)25/h2-5,12-13H,1,6-11H2,(H,24,25). The summed E-state index contributed by atoms with van der Waals surface area (Å²) in [5.41, 5.74) is 1.48. The van der Waals surface area contributed by atoms with E-state index in [1.807, 2.05) is 6.07 Å². The number of carboxylic acids is 1. The van der Waals surface area contributed by atoms with Crippen LogP contribution in [-0.4, -0.2) is 46.5 Å². The second-order valence-corrected chi connectivity index (χ2v) is 9.43. The van der Waals surface area contributed by atoms with Gasteiger partial charge in [0.2, 0.25) is 0 Å². The molecule has 0 amide bonds. The predicted molar refractivity (Wildman–Crippen MR) is 109 cm³/mol. The molecule has 2 aromatic heterocycles. The molecule has 0 spiro atoms. The zero-order valence-corrected chi connectivity index (χ0v) is 16.9. The third-order valence-electron chi connectivity index (χ3n) is 5.09. The monoisotopic (exact) mass is 420 g/mol. The second kappa shape index (κ2) is 8.63. The molecule has 0 saturated carbocycles. The van der Waals surface area contributed by atoms with E-state index in [1.54, 1.807) is 23.9 Å². The van der Waals surface area contributed by atoms with Crippen LogP contribution in [0.3, 0.4) is 0 Å². The molecule has 1 fully saturated rings. The Kier molecular flexibility index (Phi) is 5.99. The van der Waals surface area contributed by atoms with Gasteiger partial charge < -0.3 is 14.5 Å². The van der Waals surface area contributed by atoms with Gasteiger partial charge in [0.25, 0.3) is 0 Å². The first-order chi connectivity index (χ1) is 13.6. The van der Waals surface area contributed by atoms with E-state index in [9.17, 15) is 9.18 Å². The molecule has 3 aromatic rings. The van der Waals surface area contributed by atoms with Crippen molar-refractivity contribution in [1.82, 2.24) is 10.1 Å². The Balaban J connectivity index is 1.22. The van der Waals surface area contributed by atoms with Crippen molar-refractivity contribution in [2.75, 3.05) is 25.4 Å². The molecule has 28 heavy (non-hydrogen) atoms. The highest BCUT2D eigenvalue weighted by atomic mass is 32.2. The molecule has 1 aromatic carbocycles. The molecule has 0 atom stereocenters. The van der Waals surface area contributed by atoms with Crippen LogP contribution in [0.15, 0.2) is 39.1 Å². The van der Waals surface area contributed by atoms with Crippen molar-refractivity contribution in [2.24, 2.45) is 0 Å². The fraction of sp³-hybridized carbons (Fsp3) is 0.400. The first-order valence-corrected chi connectivity index (χ1v) is 11.1. The van der Waals surface area contributed by atoms with E-state index >= 15 is 0 Å². The fourth-order valence-electron chi connectivity index (χ4n) is 3.63. The van der Waals surface area contributed by atoms with Crippen molar-refractivity contribution >= 4 is 40.0 Å². The largest absolute Gasteiger partial charge is 0.477 e. The van der Waals surface area contributed by atoms with Crippen LogP contribution in [0.5, 0.6) is 0 Å². The summed E-state index contributed by atoms with van der Waals surface area (Å²) in [5, 5.41) is 14.1. The number of benzene rings is 1. The number of aromatic nitrogens is 1. The lowest BCUT2D eigenvalue weighted by molar-refractivity contribution is 0.0702. The fourth-order valence-corrected chi connectivity index (χ4v) is 5.60. The van der Waals surface area contributed by atoms with Gasteiger partial charge in [-0.1, -0.05) is 5.16 Å². The van der Waals surface area contributed by atoms with Crippen LogP contribution in [0.1, 0.15) is 40.5 Å². The number of thioether (sulfide) groups is 1. The molecule has 5 nitrogen and oxygen atoms in total. The minimum atomic E-state index is -0.857. The van der Waals surface area contributed by atoms with E-state index in [-0.39, 0.29) is 5.82 Å². The quantitative estimate of drug-likeness (QED) is 0.424. The molecule has 1 aliphatic heterocycles. The number of halogens is 1. The number of piperidine rings is 1. The van der Waals surface area contributed by atoms with Crippen LogP contribution in [0.25, 0.3) is 11.0 Å². The third kappa shape index (κ3) is 4.39. The molecule has 1 N–H and O–H groups in total.